The number of amides is 2. The number of carbonyl (C=O) groups excluding carboxylic acids is 2. The van der Waals surface area contributed by atoms with Crippen LogP contribution in [0.1, 0.15) is 29.8 Å². The third-order valence-electron chi connectivity index (χ3n) is 5.65. The van der Waals surface area contributed by atoms with Gasteiger partial charge in [0.1, 0.15) is 11.9 Å². The molecule has 7 heteroatoms. The van der Waals surface area contributed by atoms with Gasteiger partial charge in [0.15, 0.2) is 0 Å². The highest BCUT2D eigenvalue weighted by Gasteiger charge is 2.25. The molecule has 31 heavy (non-hydrogen) atoms. The van der Waals surface area contributed by atoms with Gasteiger partial charge >= 0.3 is 0 Å². The number of carbonyl (C=O) groups is 2. The van der Waals surface area contributed by atoms with Gasteiger partial charge in [-0.3, -0.25) is 9.59 Å². The van der Waals surface area contributed by atoms with Gasteiger partial charge in [0, 0.05) is 43.1 Å². The minimum absolute atomic E-state index is 0.116. The molecule has 0 aliphatic carbocycles. The lowest BCUT2D eigenvalue weighted by molar-refractivity contribution is -0.118. The highest BCUT2D eigenvalue weighted by molar-refractivity contribution is 6.01. The number of hydrogen-bond acceptors (Lipinski definition) is 4. The second-order valence-electron chi connectivity index (χ2n) is 8.48. The SMILES string of the molecule is Cc1cc(NC(=O)C(NC(=O)c2ccc(F)cc2)C(C)C)ccc1N1CCN(C)CC1. The van der Waals surface area contributed by atoms with Gasteiger partial charge in [0.25, 0.3) is 5.91 Å². The van der Waals surface area contributed by atoms with E-state index in [4.69, 9.17) is 0 Å². The van der Waals surface area contributed by atoms with Crippen LogP contribution in [0.15, 0.2) is 42.5 Å². The lowest BCUT2D eigenvalue weighted by atomic mass is 10.0. The van der Waals surface area contributed by atoms with Crippen LogP contribution in [0.4, 0.5) is 15.8 Å². The minimum atomic E-state index is -0.713. The van der Waals surface area contributed by atoms with Gasteiger partial charge in [0.2, 0.25) is 5.91 Å². The molecular formula is C24H31FN4O2. The fourth-order valence-electron chi connectivity index (χ4n) is 3.72. The summed E-state index contributed by atoms with van der Waals surface area (Å²) in [5.74, 6) is -1.21. The second kappa shape index (κ2) is 9.92. The van der Waals surface area contributed by atoms with Gasteiger partial charge in [-0.15, -0.1) is 0 Å². The Morgan fingerprint density at radius 2 is 1.65 bits per heavy atom. The maximum atomic E-state index is 13.1. The van der Waals surface area contributed by atoms with Crippen molar-refractivity contribution in [1.29, 1.82) is 0 Å². The fourth-order valence-corrected chi connectivity index (χ4v) is 3.72. The van der Waals surface area contributed by atoms with Gasteiger partial charge in [-0.1, -0.05) is 13.8 Å². The number of halogens is 1. The molecular weight excluding hydrogens is 395 g/mol. The molecule has 0 radical (unpaired) electrons. The van der Waals surface area contributed by atoms with Crippen LogP contribution in [-0.4, -0.2) is 56.0 Å². The number of piperazine rings is 1. The molecule has 0 saturated carbocycles. The van der Waals surface area contributed by atoms with Crippen molar-refractivity contribution in [2.45, 2.75) is 26.8 Å². The molecule has 1 unspecified atom stereocenters. The van der Waals surface area contributed by atoms with E-state index in [0.29, 0.717) is 11.3 Å². The molecule has 2 amide bonds. The van der Waals surface area contributed by atoms with E-state index in [1.165, 1.54) is 30.0 Å². The van der Waals surface area contributed by atoms with E-state index in [1.807, 2.05) is 39.0 Å². The van der Waals surface area contributed by atoms with Crippen LogP contribution < -0.4 is 15.5 Å². The molecule has 1 atom stereocenters. The maximum Gasteiger partial charge on any atom is 0.251 e. The monoisotopic (exact) mass is 426 g/mol. The number of nitrogens with one attached hydrogen (secondary N) is 2. The molecule has 2 aromatic carbocycles. The smallest absolute Gasteiger partial charge is 0.251 e. The molecule has 6 nitrogen and oxygen atoms in total. The van der Waals surface area contributed by atoms with E-state index in [1.54, 1.807) is 0 Å². The van der Waals surface area contributed by atoms with Gasteiger partial charge in [-0.2, -0.15) is 0 Å². The standard InChI is InChI=1S/C24H31FN4O2/c1-16(2)22(27-23(30)18-5-7-19(25)8-6-18)24(31)26-20-9-10-21(17(3)15-20)29-13-11-28(4)12-14-29/h5-10,15-16,22H,11-14H2,1-4H3,(H,26,31)(H,27,30). The fraction of sp³-hybridized carbons (Fsp3) is 0.417. The van der Waals surface area contributed by atoms with Gasteiger partial charge in [0.05, 0.1) is 0 Å². The number of aryl methyl sites for hydroxylation is 1. The Labute approximate surface area is 183 Å². The molecule has 2 N–H and O–H groups in total. The van der Waals surface area contributed by atoms with Crippen molar-refractivity contribution >= 4 is 23.2 Å². The summed E-state index contributed by atoms with van der Waals surface area (Å²) in [5, 5.41) is 5.69. The topological polar surface area (TPSA) is 64.7 Å². The predicted molar refractivity (Wildman–Crippen MR) is 122 cm³/mol. The summed E-state index contributed by atoms with van der Waals surface area (Å²) in [6, 6.07) is 10.4. The zero-order valence-electron chi connectivity index (χ0n) is 18.6. The molecule has 166 valence electrons. The Morgan fingerprint density at radius 1 is 1.00 bits per heavy atom. The molecule has 1 aliphatic rings. The highest BCUT2D eigenvalue weighted by atomic mass is 19.1. The van der Waals surface area contributed by atoms with E-state index >= 15 is 0 Å². The number of anilines is 2. The normalized spacial score (nSPS) is 15.6. The van der Waals surface area contributed by atoms with Crippen LogP contribution in [0, 0.1) is 18.7 Å². The van der Waals surface area contributed by atoms with Crippen molar-refractivity contribution < 1.29 is 14.0 Å². The summed E-state index contributed by atoms with van der Waals surface area (Å²) in [4.78, 5) is 30.1. The first-order valence-corrected chi connectivity index (χ1v) is 10.7. The Kier molecular flexibility index (Phi) is 7.28. The third-order valence-corrected chi connectivity index (χ3v) is 5.65. The van der Waals surface area contributed by atoms with E-state index in [-0.39, 0.29) is 11.8 Å². The highest BCUT2D eigenvalue weighted by Crippen LogP contribution is 2.25. The van der Waals surface area contributed by atoms with Crippen LogP contribution in [0.5, 0.6) is 0 Å². The number of hydrogen-bond donors (Lipinski definition) is 2. The lowest BCUT2D eigenvalue weighted by Gasteiger charge is -2.35. The summed E-state index contributed by atoms with van der Waals surface area (Å²) in [6.45, 7) is 9.80. The largest absolute Gasteiger partial charge is 0.369 e. The molecule has 1 saturated heterocycles. The quantitative estimate of drug-likeness (QED) is 0.744. The lowest BCUT2D eigenvalue weighted by Crippen LogP contribution is -2.47. The van der Waals surface area contributed by atoms with Gasteiger partial charge in [-0.25, -0.2) is 4.39 Å². The van der Waals surface area contributed by atoms with Gasteiger partial charge < -0.3 is 20.4 Å². The predicted octanol–water partition coefficient (Wildman–Crippen LogP) is 3.28. The molecule has 1 heterocycles. The molecule has 0 bridgehead atoms. The van der Waals surface area contributed by atoms with Crippen molar-refractivity contribution in [3.8, 4) is 0 Å². The van der Waals surface area contributed by atoms with Crippen molar-refractivity contribution in [3.63, 3.8) is 0 Å². The Bertz CT molecular complexity index is 922. The van der Waals surface area contributed by atoms with Crippen molar-refractivity contribution in [2.24, 2.45) is 5.92 Å². The summed E-state index contributed by atoms with van der Waals surface area (Å²) >= 11 is 0. The van der Waals surface area contributed by atoms with E-state index in [0.717, 1.165) is 31.7 Å². The summed E-state index contributed by atoms with van der Waals surface area (Å²) < 4.78 is 13.1. The molecule has 0 aromatic heterocycles. The first-order chi connectivity index (χ1) is 14.7. The van der Waals surface area contributed by atoms with E-state index in [9.17, 15) is 14.0 Å². The molecule has 1 fully saturated rings. The zero-order chi connectivity index (χ0) is 22.5. The van der Waals surface area contributed by atoms with Crippen molar-refractivity contribution in [2.75, 3.05) is 43.4 Å². The van der Waals surface area contributed by atoms with Crippen LogP contribution in [0.3, 0.4) is 0 Å². The molecule has 2 aromatic rings. The molecule has 3 rings (SSSR count). The summed E-state index contributed by atoms with van der Waals surface area (Å²) in [6.07, 6.45) is 0. The third kappa shape index (κ3) is 5.82. The van der Waals surface area contributed by atoms with Crippen LogP contribution in [0.25, 0.3) is 0 Å². The molecule has 0 spiro atoms. The zero-order valence-corrected chi connectivity index (χ0v) is 18.6. The van der Waals surface area contributed by atoms with Gasteiger partial charge in [-0.05, 0) is 67.9 Å². The average Bonchev–Trinajstić information content (AvgIpc) is 2.73. The average molecular weight is 427 g/mol. The number of rotatable bonds is 6. The van der Waals surface area contributed by atoms with Crippen LogP contribution in [-0.2, 0) is 4.79 Å². The first kappa shape index (κ1) is 22.7. The Hall–Kier alpha value is -2.93. The van der Waals surface area contributed by atoms with Crippen LogP contribution >= 0.6 is 0 Å². The van der Waals surface area contributed by atoms with E-state index in [2.05, 4.69) is 27.5 Å². The molecule has 1 aliphatic heterocycles. The van der Waals surface area contributed by atoms with E-state index < -0.39 is 17.8 Å². The number of nitrogens with zero attached hydrogens (tertiary/aromatic N) is 2. The number of likely N-dealkylation sites (N-methyl/N-ethyl adjacent to an activating group) is 1. The summed E-state index contributed by atoms with van der Waals surface area (Å²) in [7, 11) is 2.13. The van der Waals surface area contributed by atoms with Crippen molar-refractivity contribution in [1.82, 2.24) is 10.2 Å². The first-order valence-electron chi connectivity index (χ1n) is 10.7. The Balaban J connectivity index is 1.67. The van der Waals surface area contributed by atoms with Crippen LogP contribution in [0.2, 0.25) is 0 Å². The minimum Gasteiger partial charge on any atom is -0.369 e. The maximum absolute atomic E-state index is 13.1. The number of benzene rings is 2. The second-order valence-corrected chi connectivity index (χ2v) is 8.48. The van der Waals surface area contributed by atoms with Crippen molar-refractivity contribution in [3.05, 3.63) is 59.4 Å². The Morgan fingerprint density at radius 3 is 2.23 bits per heavy atom. The summed E-state index contributed by atoms with van der Waals surface area (Å²) in [5.41, 5.74) is 3.28.